The van der Waals surface area contributed by atoms with Crippen LogP contribution in [0.1, 0.15) is 29.6 Å². The summed E-state index contributed by atoms with van der Waals surface area (Å²) in [7, 11) is 0. The monoisotopic (exact) mass is 346 g/mol. The van der Waals surface area contributed by atoms with Gasteiger partial charge in [-0.15, -0.1) is 0 Å². The Morgan fingerprint density at radius 1 is 1.32 bits per heavy atom. The molecule has 0 spiro atoms. The summed E-state index contributed by atoms with van der Waals surface area (Å²) >= 11 is 0. The number of benzene rings is 1. The molecular formula is C18H22N2O5. The number of nitro groups is 1. The van der Waals surface area contributed by atoms with Crippen molar-refractivity contribution in [3.05, 3.63) is 46.0 Å². The Kier molecular flexibility index (Phi) is 5.65. The summed E-state index contributed by atoms with van der Waals surface area (Å²) in [5.74, 6) is -0.181. The third-order valence-electron chi connectivity index (χ3n) is 4.59. The SMILES string of the molecule is O=C(OCC1CC=CCC1)c1cc([N+](=O)[O-])ccc1N1CCOCC1. The molecule has 2 aliphatic rings. The topological polar surface area (TPSA) is 81.9 Å². The first kappa shape index (κ1) is 17.4. The van der Waals surface area contributed by atoms with Crippen molar-refractivity contribution in [2.24, 2.45) is 5.92 Å². The number of anilines is 1. The molecule has 1 aromatic carbocycles. The molecule has 134 valence electrons. The maximum atomic E-state index is 12.6. The molecule has 7 nitrogen and oxygen atoms in total. The van der Waals surface area contributed by atoms with E-state index in [0.29, 0.717) is 44.5 Å². The summed E-state index contributed by atoms with van der Waals surface area (Å²) in [4.78, 5) is 25.2. The summed E-state index contributed by atoms with van der Waals surface area (Å²) in [6, 6.07) is 4.37. The van der Waals surface area contributed by atoms with Crippen molar-refractivity contribution < 1.29 is 19.2 Å². The highest BCUT2D eigenvalue weighted by Gasteiger charge is 2.24. The van der Waals surface area contributed by atoms with Crippen LogP contribution in [-0.2, 0) is 9.47 Å². The lowest BCUT2D eigenvalue weighted by Crippen LogP contribution is -2.37. The van der Waals surface area contributed by atoms with E-state index in [1.54, 1.807) is 6.07 Å². The second-order valence-electron chi connectivity index (χ2n) is 6.31. The van der Waals surface area contributed by atoms with Crippen LogP contribution in [0.15, 0.2) is 30.4 Å². The zero-order valence-electron chi connectivity index (χ0n) is 14.1. The van der Waals surface area contributed by atoms with Crippen LogP contribution in [-0.4, -0.2) is 43.8 Å². The minimum atomic E-state index is -0.500. The van der Waals surface area contributed by atoms with E-state index in [-0.39, 0.29) is 11.3 Å². The summed E-state index contributed by atoms with van der Waals surface area (Å²) in [6.07, 6.45) is 7.13. The van der Waals surface area contributed by atoms with Crippen LogP contribution in [0.5, 0.6) is 0 Å². The predicted molar refractivity (Wildman–Crippen MR) is 92.9 cm³/mol. The van der Waals surface area contributed by atoms with Gasteiger partial charge in [-0.05, 0) is 31.2 Å². The molecule has 0 N–H and O–H groups in total. The molecule has 1 aliphatic carbocycles. The van der Waals surface area contributed by atoms with Crippen molar-refractivity contribution in [2.75, 3.05) is 37.8 Å². The van der Waals surface area contributed by atoms with Crippen molar-refractivity contribution in [1.29, 1.82) is 0 Å². The number of non-ortho nitro benzene ring substituents is 1. The third kappa shape index (κ3) is 4.36. The van der Waals surface area contributed by atoms with E-state index in [9.17, 15) is 14.9 Å². The van der Waals surface area contributed by atoms with Crippen LogP contribution in [0.2, 0.25) is 0 Å². The van der Waals surface area contributed by atoms with Crippen molar-refractivity contribution in [2.45, 2.75) is 19.3 Å². The van der Waals surface area contributed by atoms with Crippen LogP contribution < -0.4 is 4.90 Å². The molecule has 1 heterocycles. The Labute approximate surface area is 146 Å². The van der Waals surface area contributed by atoms with Gasteiger partial charge < -0.3 is 14.4 Å². The zero-order valence-corrected chi connectivity index (χ0v) is 14.1. The van der Waals surface area contributed by atoms with Crippen molar-refractivity contribution in [3.63, 3.8) is 0 Å². The van der Waals surface area contributed by atoms with E-state index in [1.165, 1.54) is 12.1 Å². The fourth-order valence-electron chi connectivity index (χ4n) is 3.16. The highest BCUT2D eigenvalue weighted by Crippen LogP contribution is 2.28. The summed E-state index contributed by atoms with van der Waals surface area (Å²) < 4.78 is 10.8. The van der Waals surface area contributed by atoms with E-state index in [0.717, 1.165) is 19.3 Å². The number of carbonyl (C=O) groups is 1. The van der Waals surface area contributed by atoms with Gasteiger partial charge in [-0.2, -0.15) is 0 Å². The minimum absolute atomic E-state index is 0.107. The molecule has 0 aromatic heterocycles. The van der Waals surface area contributed by atoms with Gasteiger partial charge in [-0.3, -0.25) is 10.1 Å². The van der Waals surface area contributed by atoms with Crippen LogP contribution in [0.25, 0.3) is 0 Å². The summed E-state index contributed by atoms with van der Waals surface area (Å²) in [6.45, 7) is 2.77. The second kappa shape index (κ2) is 8.11. The number of ether oxygens (including phenoxy) is 2. The predicted octanol–water partition coefficient (Wildman–Crippen LogP) is 2.94. The Bertz CT molecular complexity index is 667. The molecule has 0 radical (unpaired) electrons. The number of rotatable bonds is 5. The van der Waals surface area contributed by atoms with E-state index in [4.69, 9.17) is 9.47 Å². The Morgan fingerprint density at radius 2 is 2.12 bits per heavy atom. The number of carbonyl (C=O) groups excluding carboxylic acids is 1. The van der Waals surface area contributed by atoms with E-state index in [2.05, 4.69) is 12.2 Å². The first-order chi connectivity index (χ1) is 12.1. The number of esters is 1. The Hall–Kier alpha value is -2.41. The molecule has 0 saturated carbocycles. The number of nitro benzene ring substituents is 1. The Balaban J connectivity index is 1.77. The van der Waals surface area contributed by atoms with E-state index in [1.807, 2.05) is 4.90 Å². The minimum Gasteiger partial charge on any atom is -0.462 e. The lowest BCUT2D eigenvalue weighted by molar-refractivity contribution is -0.384. The molecule has 1 aromatic rings. The number of hydrogen-bond acceptors (Lipinski definition) is 6. The highest BCUT2D eigenvalue weighted by molar-refractivity contribution is 5.96. The van der Waals surface area contributed by atoms with Gasteiger partial charge in [0.25, 0.3) is 5.69 Å². The molecule has 1 saturated heterocycles. The fraction of sp³-hybridized carbons (Fsp3) is 0.500. The molecule has 1 aliphatic heterocycles. The normalized spacial score (nSPS) is 20.3. The lowest BCUT2D eigenvalue weighted by atomic mass is 9.95. The molecule has 25 heavy (non-hydrogen) atoms. The number of allylic oxidation sites excluding steroid dienone is 2. The molecule has 3 rings (SSSR count). The number of hydrogen-bond donors (Lipinski definition) is 0. The molecule has 0 bridgehead atoms. The van der Waals surface area contributed by atoms with Gasteiger partial charge in [0, 0.05) is 25.2 Å². The molecule has 7 heteroatoms. The van der Waals surface area contributed by atoms with Gasteiger partial charge >= 0.3 is 5.97 Å². The average Bonchev–Trinajstić information content (AvgIpc) is 2.67. The number of morpholine rings is 1. The van der Waals surface area contributed by atoms with Gasteiger partial charge in [0.1, 0.15) is 0 Å². The second-order valence-corrected chi connectivity index (χ2v) is 6.31. The molecular weight excluding hydrogens is 324 g/mol. The van der Waals surface area contributed by atoms with E-state index < -0.39 is 10.9 Å². The van der Waals surface area contributed by atoms with Crippen LogP contribution in [0.4, 0.5) is 11.4 Å². The molecule has 1 atom stereocenters. The third-order valence-corrected chi connectivity index (χ3v) is 4.59. The van der Waals surface area contributed by atoms with Crippen molar-refractivity contribution >= 4 is 17.3 Å². The lowest BCUT2D eigenvalue weighted by Gasteiger charge is -2.30. The first-order valence-electron chi connectivity index (χ1n) is 8.58. The van der Waals surface area contributed by atoms with E-state index >= 15 is 0 Å². The highest BCUT2D eigenvalue weighted by atomic mass is 16.6. The average molecular weight is 346 g/mol. The van der Waals surface area contributed by atoms with Gasteiger partial charge in [-0.25, -0.2) is 4.79 Å². The van der Waals surface area contributed by atoms with Crippen LogP contribution in [0.3, 0.4) is 0 Å². The molecule has 1 fully saturated rings. The van der Waals surface area contributed by atoms with Crippen LogP contribution in [0, 0.1) is 16.0 Å². The maximum absolute atomic E-state index is 12.6. The van der Waals surface area contributed by atoms with Gasteiger partial charge in [0.15, 0.2) is 0 Å². The smallest absolute Gasteiger partial charge is 0.340 e. The summed E-state index contributed by atoms with van der Waals surface area (Å²) in [5, 5.41) is 11.1. The summed E-state index contributed by atoms with van der Waals surface area (Å²) in [5.41, 5.74) is 0.814. The molecule has 1 unspecified atom stereocenters. The quantitative estimate of drug-likeness (QED) is 0.353. The zero-order chi connectivity index (χ0) is 17.6. The number of nitrogens with zero attached hydrogens (tertiary/aromatic N) is 2. The first-order valence-corrected chi connectivity index (χ1v) is 8.58. The van der Waals surface area contributed by atoms with Crippen molar-refractivity contribution in [3.8, 4) is 0 Å². The Morgan fingerprint density at radius 3 is 2.80 bits per heavy atom. The van der Waals surface area contributed by atoms with Gasteiger partial charge in [0.05, 0.1) is 36.0 Å². The fourth-order valence-corrected chi connectivity index (χ4v) is 3.16. The largest absolute Gasteiger partial charge is 0.462 e. The maximum Gasteiger partial charge on any atom is 0.340 e. The van der Waals surface area contributed by atoms with Crippen molar-refractivity contribution in [1.82, 2.24) is 0 Å². The van der Waals surface area contributed by atoms with Gasteiger partial charge in [0.2, 0.25) is 0 Å². The molecule has 0 amide bonds. The van der Waals surface area contributed by atoms with Gasteiger partial charge in [-0.1, -0.05) is 12.2 Å². The standard InChI is InChI=1S/C18H22N2O5/c21-18(25-13-14-4-2-1-3-5-14)16-12-15(20(22)23)6-7-17(16)19-8-10-24-11-9-19/h1-2,6-7,12,14H,3-5,8-11,13H2. The van der Waals surface area contributed by atoms with Crippen LogP contribution >= 0.6 is 0 Å².